The smallest absolute Gasteiger partial charge is 0.308 e. The highest BCUT2D eigenvalue weighted by Crippen LogP contribution is 2.19. The number of aliphatic carboxylic acids is 1. The van der Waals surface area contributed by atoms with E-state index in [1.165, 1.54) is 0 Å². The number of hydrogen-bond acceptors (Lipinski definition) is 2. The van der Waals surface area contributed by atoms with Crippen LogP contribution in [0.3, 0.4) is 0 Å². The maximum Gasteiger partial charge on any atom is 0.308 e. The normalized spacial score (nSPS) is 12.1. The third kappa shape index (κ3) is 4.29. The summed E-state index contributed by atoms with van der Waals surface area (Å²) in [6, 6.07) is 21.7. The molecule has 4 rings (SSSR count). The lowest BCUT2D eigenvalue weighted by molar-refractivity contribution is -0.141. The van der Waals surface area contributed by atoms with Crippen molar-refractivity contribution < 1.29 is 14.7 Å². The van der Waals surface area contributed by atoms with E-state index in [9.17, 15) is 14.7 Å². The van der Waals surface area contributed by atoms with Gasteiger partial charge in [-0.1, -0.05) is 60.7 Å². The number of aromatic amines is 1. The summed E-state index contributed by atoms with van der Waals surface area (Å²) in [6.45, 7) is 0.101. The molecule has 0 spiro atoms. The minimum Gasteiger partial charge on any atom is -0.481 e. The lowest BCUT2D eigenvalue weighted by Gasteiger charge is -2.14. The van der Waals surface area contributed by atoms with E-state index >= 15 is 0 Å². The van der Waals surface area contributed by atoms with Crippen LogP contribution < -0.4 is 5.32 Å². The average Bonchev–Trinajstić information content (AvgIpc) is 3.13. The highest BCUT2D eigenvalue weighted by Gasteiger charge is 2.19. The van der Waals surface area contributed by atoms with Crippen LogP contribution in [0.5, 0.6) is 0 Å². The first-order chi connectivity index (χ1) is 14.1. The first-order valence-corrected chi connectivity index (χ1v) is 9.62. The molecule has 1 amide bonds. The van der Waals surface area contributed by atoms with Gasteiger partial charge in [-0.2, -0.15) is 0 Å². The van der Waals surface area contributed by atoms with Gasteiger partial charge >= 0.3 is 5.97 Å². The van der Waals surface area contributed by atoms with E-state index in [1.807, 2.05) is 72.9 Å². The van der Waals surface area contributed by atoms with Crippen LogP contribution in [-0.4, -0.2) is 28.5 Å². The molecule has 0 saturated carbocycles. The zero-order chi connectivity index (χ0) is 20.2. The monoisotopic (exact) mass is 386 g/mol. The molecule has 4 aromatic rings. The van der Waals surface area contributed by atoms with Crippen molar-refractivity contribution >= 4 is 33.6 Å². The molecule has 1 heterocycles. The maximum absolute atomic E-state index is 12.4. The van der Waals surface area contributed by atoms with E-state index in [0.717, 1.165) is 32.8 Å². The van der Waals surface area contributed by atoms with Crippen molar-refractivity contribution in [1.82, 2.24) is 10.3 Å². The Balaban J connectivity index is 1.40. The zero-order valence-corrected chi connectivity index (χ0v) is 15.9. The van der Waals surface area contributed by atoms with Gasteiger partial charge in [-0.25, -0.2) is 0 Å². The fraction of sp³-hybridized carbons (Fsp3) is 0.167. The van der Waals surface area contributed by atoms with Crippen molar-refractivity contribution in [2.75, 3.05) is 6.54 Å². The molecule has 0 aliphatic rings. The summed E-state index contributed by atoms with van der Waals surface area (Å²) in [7, 11) is 0. The Kier molecular flexibility index (Phi) is 5.29. The molecule has 3 aromatic carbocycles. The molecule has 146 valence electrons. The van der Waals surface area contributed by atoms with E-state index in [4.69, 9.17) is 0 Å². The van der Waals surface area contributed by atoms with Crippen LogP contribution in [0.1, 0.15) is 11.1 Å². The molecule has 5 nitrogen and oxygen atoms in total. The summed E-state index contributed by atoms with van der Waals surface area (Å²) >= 11 is 0. The van der Waals surface area contributed by atoms with Gasteiger partial charge in [0, 0.05) is 23.6 Å². The Bertz CT molecular complexity index is 1180. The van der Waals surface area contributed by atoms with E-state index in [1.54, 1.807) is 0 Å². The van der Waals surface area contributed by atoms with Crippen molar-refractivity contribution in [3.8, 4) is 0 Å². The second-order valence-corrected chi connectivity index (χ2v) is 7.26. The molecule has 1 aromatic heterocycles. The van der Waals surface area contributed by atoms with Gasteiger partial charge in [0.05, 0.1) is 12.3 Å². The molecule has 0 fully saturated rings. The quantitative estimate of drug-likeness (QED) is 0.450. The molecular formula is C24H22N2O3. The van der Waals surface area contributed by atoms with E-state index in [0.29, 0.717) is 6.42 Å². The van der Waals surface area contributed by atoms with Crippen LogP contribution in [0, 0.1) is 5.92 Å². The SMILES string of the molecule is O=C(Cc1c[nH]c2ccccc12)NCC(Cc1ccc2ccccc2c1)C(=O)O. The number of nitrogens with one attached hydrogen (secondary N) is 2. The van der Waals surface area contributed by atoms with Crippen LogP contribution in [0.4, 0.5) is 0 Å². The number of carbonyl (C=O) groups excluding carboxylic acids is 1. The number of carboxylic acid groups (broad SMARTS) is 1. The number of carboxylic acids is 1. The summed E-state index contributed by atoms with van der Waals surface area (Å²) in [4.78, 5) is 27.3. The largest absolute Gasteiger partial charge is 0.481 e. The fourth-order valence-electron chi connectivity index (χ4n) is 3.65. The lowest BCUT2D eigenvalue weighted by atomic mass is 9.97. The van der Waals surface area contributed by atoms with Gasteiger partial charge in [-0.15, -0.1) is 0 Å². The number of carbonyl (C=O) groups is 2. The first-order valence-electron chi connectivity index (χ1n) is 9.62. The van der Waals surface area contributed by atoms with E-state index in [-0.39, 0.29) is 18.9 Å². The fourth-order valence-corrected chi connectivity index (χ4v) is 3.65. The minimum absolute atomic E-state index is 0.101. The molecule has 1 unspecified atom stereocenters. The predicted molar refractivity (Wildman–Crippen MR) is 114 cm³/mol. The zero-order valence-electron chi connectivity index (χ0n) is 15.9. The van der Waals surface area contributed by atoms with Gasteiger partial charge < -0.3 is 15.4 Å². The number of para-hydroxylation sites is 1. The molecule has 5 heteroatoms. The summed E-state index contributed by atoms with van der Waals surface area (Å²) in [5.74, 6) is -1.77. The van der Waals surface area contributed by atoms with E-state index < -0.39 is 11.9 Å². The summed E-state index contributed by atoms with van der Waals surface area (Å²) < 4.78 is 0. The van der Waals surface area contributed by atoms with Gasteiger partial charge in [0.25, 0.3) is 0 Å². The van der Waals surface area contributed by atoms with Gasteiger partial charge in [0.2, 0.25) is 5.91 Å². The van der Waals surface area contributed by atoms with Gasteiger partial charge in [-0.05, 0) is 34.4 Å². The average molecular weight is 386 g/mol. The molecule has 0 aliphatic carbocycles. The Labute approximate surface area is 168 Å². The Morgan fingerprint density at radius 3 is 2.55 bits per heavy atom. The second-order valence-electron chi connectivity index (χ2n) is 7.26. The summed E-state index contributed by atoms with van der Waals surface area (Å²) in [5, 5.41) is 15.6. The molecule has 29 heavy (non-hydrogen) atoms. The molecule has 0 saturated heterocycles. The highest BCUT2D eigenvalue weighted by molar-refractivity contribution is 5.89. The number of H-pyrrole nitrogens is 1. The van der Waals surface area contributed by atoms with Crippen molar-refractivity contribution in [3.05, 3.63) is 84.1 Å². The maximum atomic E-state index is 12.4. The van der Waals surface area contributed by atoms with Crippen molar-refractivity contribution in [3.63, 3.8) is 0 Å². The first kappa shape index (κ1) is 18.7. The Morgan fingerprint density at radius 2 is 1.72 bits per heavy atom. The molecule has 1 atom stereocenters. The van der Waals surface area contributed by atoms with Crippen molar-refractivity contribution in [1.29, 1.82) is 0 Å². The molecule has 0 aliphatic heterocycles. The topological polar surface area (TPSA) is 82.2 Å². The van der Waals surface area contributed by atoms with Crippen LogP contribution in [0.2, 0.25) is 0 Å². The lowest BCUT2D eigenvalue weighted by Crippen LogP contribution is -2.34. The summed E-state index contributed by atoms with van der Waals surface area (Å²) in [5.41, 5.74) is 2.83. The molecule has 3 N–H and O–H groups in total. The number of amides is 1. The van der Waals surface area contributed by atoms with Crippen LogP contribution in [0.25, 0.3) is 21.7 Å². The standard InChI is InChI=1S/C24H22N2O3/c27-23(13-19-14-25-22-8-4-3-7-21(19)22)26-15-20(24(28)29)12-16-9-10-17-5-1-2-6-18(17)11-16/h1-11,14,20,25H,12-13,15H2,(H,26,27)(H,28,29). The van der Waals surface area contributed by atoms with Crippen molar-refractivity contribution in [2.24, 2.45) is 5.92 Å². The number of aromatic nitrogens is 1. The van der Waals surface area contributed by atoms with Crippen LogP contribution >= 0.6 is 0 Å². The Morgan fingerprint density at radius 1 is 0.966 bits per heavy atom. The van der Waals surface area contributed by atoms with Crippen LogP contribution in [0.15, 0.2) is 72.9 Å². The molecule has 0 radical (unpaired) electrons. The Hall–Kier alpha value is -3.60. The second kappa shape index (κ2) is 8.19. The van der Waals surface area contributed by atoms with Gasteiger partial charge in [-0.3, -0.25) is 9.59 Å². The molecular weight excluding hydrogens is 364 g/mol. The number of fused-ring (bicyclic) bond motifs is 2. The predicted octanol–water partition coefficient (Wildman–Crippen LogP) is 3.92. The van der Waals surface area contributed by atoms with Crippen LogP contribution in [-0.2, 0) is 22.4 Å². The van der Waals surface area contributed by atoms with E-state index in [2.05, 4.69) is 10.3 Å². The number of rotatable bonds is 7. The van der Waals surface area contributed by atoms with Crippen molar-refractivity contribution in [2.45, 2.75) is 12.8 Å². The third-order valence-electron chi connectivity index (χ3n) is 5.22. The number of benzene rings is 3. The number of hydrogen-bond donors (Lipinski definition) is 3. The summed E-state index contributed by atoms with van der Waals surface area (Å²) in [6.07, 6.45) is 2.41. The highest BCUT2D eigenvalue weighted by atomic mass is 16.4. The minimum atomic E-state index is -0.912. The van der Waals surface area contributed by atoms with Gasteiger partial charge in [0.15, 0.2) is 0 Å². The van der Waals surface area contributed by atoms with Gasteiger partial charge in [0.1, 0.15) is 0 Å². The molecule has 0 bridgehead atoms. The third-order valence-corrected chi connectivity index (χ3v) is 5.22.